The zero-order valence-corrected chi connectivity index (χ0v) is 19.9. The summed E-state index contributed by atoms with van der Waals surface area (Å²) < 4.78 is 25.9. The Kier molecular flexibility index (Phi) is 8.58. The van der Waals surface area contributed by atoms with Crippen molar-refractivity contribution in [3.8, 4) is 11.8 Å². The lowest BCUT2D eigenvalue weighted by Gasteiger charge is -2.23. The Morgan fingerprint density at radius 3 is 2.06 bits per heavy atom. The van der Waals surface area contributed by atoms with Gasteiger partial charge >= 0.3 is 11.9 Å². The van der Waals surface area contributed by atoms with Crippen LogP contribution in [0.1, 0.15) is 26.3 Å². The van der Waals surface area contributed by atoms with Gasteiger partial charge in [0.15, 0.2) is 0 Å². The highest BCUT2D eigenvalue weighted by Gasteiger charge is 2.63. The Labute approximate surface area is 191 Å². The highest BCUT2D eigenvalue weighted by Crippen LogP contribution is 2.56. The molecule has 1 atom stereocenters. The molecule has 1 aliphatic carbocycles. The molecule has 0 bridgehead atoms. The smallest absolute Gasteiger partial charge is 0.339 e. The van der Waals surface area contributed by atoms with Crippen LogP contribution in [0.15, 0.2) is 29.8 Å². The molecule has 10 nitrogen and oxygen atoms in total. The normalized spacial score (nSPS) is 18.2. The fraction of sp³-hybridized carbons (Fsp3) is 0.409. The molecule has 2 rings (SSSR count). The van der Waals surface area contributed by atoms with Gasteiger partial charge in [0, 0.05) is 5.57 Å². The van der Waals surface area contributed by atoms with E-state index in [4.69, 9.17) is 23.3 Å². The monoisotopic (exact) mass is 479 g/mol. The molecule has 0 fully saturated rings. The lowest BCUT2D eigenvalue weighted by atomic mass is 9.78. The van der Waals surface area contributed by atoms with Gasteiger partial charge in [-0.25, -0.2) is 9.59 Å². The highest BCUT2D eigenvalue weighted by atomic mass is 31.2. The van der Waals surface area contributed by atoms with Crippen LogP contribution < -0.4 is 4.74 Å². The van der Waals surface area contributed by atoms with Crippen LogP contribution in [-0.2, 0) is 32.9 Å². The summed E-state index contributed by atoms with van der Waals surface area (Å²) in [6.07, 6.45) is 0. The largest absolute Gasteiger partial charge is 0.497 e. The topological polar surface area (TPSA) is 141 Å². The molecule has 33 heavy (non-hydrogen) atoms. The predicted octanol–water partition coefficient (Wildman–Crippen LogP) is 2.28. The van der Waals surface area contributed by atoms with E-state index in [1.54, 1.807) is 19.9 Å². The van der Waals surface area contributed by atoms with Crippen molar-refractivity contribution in [1.29, 1.82) is 5.26 Å². The number of carbonyl (C=O) groups excluding carboxylic acids is 3. The summed E-state index contributed by atoms with van der Waals surface area (Å²) in [7, 11) is -1.68. The molecule has 11 heteroatoms. The van der Waals surface area contributed by atoms with E-state index in [9.17, 15) is 24.5 Å². The number of hydrogen-bond acceptors (Lipinski definition) is 10. The second-order valence-corrected chi connectivity index (χ2v) is 8.59. The van der Waals surface area contributed by atoms with E-state index < -0.39 is 41.6 Å². The summed E-state index contributed by atoms with van der Waals surface area (Å²) in [6.45, 7) is 4.33. The summed E-state index contributed by atoms with van der Waals surface area (Å²) in [4.78, 5) is 51.1. The SMILES string of the molecule is CCOC(=O)C1(C#N)C(=O)C(=P(O)(OCC)OCC)C(C(=O)OC)=C1c1ccc(OC)cc1. The van der Waals surface area contributed by atoms with E-state index in [1.807, 2.05) is 0 Å². The van der Waals surface area contributed by atoms with Crippen LogP contribution in [-0.4, -0.2) is 61.9 Å². The first-order valence-electron chi connectivity index (χ1n) is 10.1. The molecular weight excluding hydrogens is 453 g/mol. The van der Waals surface area contributed by atoms with Gasteiger partial charge in [-0.15, -0.1) is 0 Å². The minimum Gasteiger partial charge on any atom is -0.497 e. The van der Waals surface area contributed by atoms with E-state index >= 15 is 0 Å². The third-order valence-electron chi connectivity index (χ3n) is 4.83. The number of benzene rings is 1. The number of nitriles is 1. The molecule has 0 spiro atoms. The molecule has 0 saturated carbocycles. The number of hydrogen-bond donors (Lipinski definition) is 1. The van der Waals surface area contributed by atoms with Gasteiger partial charge in [-0.05, 0) is 38.5 Å². The van der Waals surface area contributed by atoms with E-state index in [0.29, 0.717) is 5.75 Å². The first-order chi connectivity index (χ1) is 15.7. The standard InChI is InChI=1S/C22H26NO9P/c1-6-30-21(26)22(13-23)17(14-9-11-15(28-4)12-10-14)16(20(25)29-5)18(19(22)24)33(27,31-7-2)32-8-3/h9-12,27H,6-8H2,1-5H3. The van der Waals surface area contributed by atoms with Crippen molar-refractivity contribution in [2.24, 2.45) is 5.41 Å². The molecule has 0 radical (unpaired) electrons. The van der Waals surface area contributed by atoms with Gasteiger partial charge in [-0.3, -0.25) is 4.79 Å². The average Bonchev–Trinajstić information content (AvgIpc) is 3.09. The first-order valence-corrected chi connectivity index (χ1v) is 11.7. The Balaban J connectivity index is 3.13. The molecule has 178 valence electrons. The van der Waals surface area contributed by atoms with Crippen LogP contribution in [0.2, 0.25) is 0 Å². The minimum absolute atomic E-state index is 0.0770. The molecule has 0 aromatic heterocycles. The lowest BCUT2D eigenvalue weighted by molar-refractivity contribution is -0.151. The van der Waals surface area contributed by atoms with Crippen molar-refractivity contribution >= 4 is 36.2 Å². The molecule has 0 aliphatic heterocycles. The molecule has 0 amide bonds. The maximum Gasteiger partial charge on any atom is 0.339 e. The van der Waals surface area contributed by atoms with Crippen LogP contribution in [0, 0.1) is 16.7 Å². The Hall–Kier alpha value is -2.96. The maximum atomic E-state index is 13.8. The van der Waals surface area contributed by atoms with Crippen LogP contribution in [0.4, 0.5) is 0 Å². The number of esters is 2. The molecule has 1 aromatic rings. The summed E-state index contributed by atoms with van der Waals surface area (Å²) in [5, 5.41) is 9.57. The van der Waals surface area contributed by atoms with Gasteiger partial charge in [0.05, 0.1) is 45.7 Å². The van der Waals surface area contributed by atoms with E-state index in [1.165, 1.54) is 38.3 Å². The molecule has 1 unspecified atom stereocenters. The van der Waals surface area contributed by atoms with E-state index in [2.05, 4.69) is 0 Å². The average molecular weight is 479 g/mol. The maximum absolute atomic E-state index is 13.8. The summed E-state index contributed by atoms with van der Waals surface area (Å²) in [5.74, 6) is -2.95. The Morgan fingerprint density at radius 2 is 1.64 bits per heavy atom. The van der Waals surface area contributed by atoms with Gasteiger partial charge in [-0.2, -0.15) is 5.26 Å². The molecule has 1 aliphatic rings. The van der Waals surface area contributed by atoms with Crippen LogP contribution in [0.3, 0.4) is 0 Å². The van der Waals surface area contributed by atoms with Crippen molar-refractivity contribution in [3.63, 3.8) is 0 Å². The van der Waals surface area contributed by atoms with Crippen molar-refractivity contribution in [1.82, 2.24) is 0 Å². The summed E-state index contributed by atoms with van der Waals surface area (Å²) in [6, 6.07) is 7.73. The lowest BCUT2D eigenvalue weighted by Crippen LogP contribution is -2.40. The third-order valence-corrected chi connectivity index (χ3v) is 7.03. The molecule has 1 N–H and O–H groups in total. The van der Waals surface area contributed by atoms with Gasteiger partial charge < -0.3 is 28.2 Å². The summed E-state index contributed by atoms with van der Waals surface area (Å²) in [5.41, 5.74) is -3.17. The van der Waals surface area contributed by atoms with Gasteiger partial charge in [0.1, 0.15) is 11.0 Å². The second kappa shape index (κ2) is 10.8. The van der Waals surface area contributed by atoms with Crippen molar-refractivity contribution in [3.05, 3.63) is 35.4 Å². The molecule has 0 saturated heterocycles. The number of ketones is 1. The molecular formula is C22H26NO9P. The number of carbonyl (C=O) groups is 3. The third kappa shape index (κ3) is 4.45. The molecule has 1 aromatic carbocycles. The second-order valence-electron chi connectivity index (χ2n) is 6.59. The Morgan fingerprint density at radius 1 is 1.06 bits per heavy atom. The van der Waals surface area contributed by atoms with Crippen LogP contribution in [0.5, 0.6) is 5.75 Å². The quantitative estimate of drug-likeness (QED) is 0.318. The number of ether oxygens (including phenoxy) is 3. The molecule has 0 heterocycles. The van der Waals surface area contributed by atoms with Crippen molar-refractivity contribution in [2.45, 2.75) is 20.8 Å². The number of Topliss-reactive ketones (excluding diaryl/α,β-unsaturated/α-hetero) is 1. The van der Waals surface area contributed by atoms with Crippen LogP contribution in [0.25, 0.3) is 5.57 Å². The Bertz CT molecular complexity index is 1060. The van der Waals surface area contributed by atoms with Gasteiger partial charge in [-0.1, -0.05) is 12.1 Å². The predicted molar refractivity (Wildman–Crippen MR) is 119 cm³/mol. The fourth-order valence-corrected chi connectivity index (χ4v) is 5.44. The van der Waals surface area contributed by atoms with E-state index in [0.717, 1.165) is 7.11 Å². The first kappa shape index (κ1) is 26.3. The highest BCUT2D eigenvalue weighted by molar-refractivity contribution is 7.65. The van der Waals surface area contributed by atoms with Crippen molar-refractivity contribution < 1.29 is 42.5 Å². The number of nitrogens with zero attached hydrogens (tertiary/aromatic N) is 1. The summed E-state index contributed by atoms with van der Waals surface area (Å²) >= 11 is 0. The van der Waals surface area contributed by atoms with Crippen LogP contribution >= 0.6 is 7.57 Å². The van der Waals surface area contributed by atoms with Gasteiger partial charge in [0.25, 0.3) is 7.57 Å². The number of methoxy groups -OCH3 is 2. The van der Waals surface area contributed by atoms with Crippen molar-refractivity contribution in [2.75, 3.05) is 34.0 Å². The van der Waals surface area contributed by atoms with E-state index in [-0.39, 0.29) is 31.0 Å². The fourth-order valence-electron chi connectivity index (χ4n) is 3.50. The van der Waals surface area contributed by atoms with Gasteiger partial charge in [0.2, 0.25) is 11.2 Å². The number of rotatable bonds is 9. The zero-order chi connectivity index (χ0) is 24.8. The minimum atomic E-state index is -4.20. The zero-order valence-electron chi connectivity index (χ0n) is 19.0.